The SMILES string of the molecule is O=C(NCC(F)(F)F)C1CCN(C(=O)c2cnc3ccccc3n2)CC1. The second-order valence-electron chi connectivity index (χ2n) is 6.14. The Hall–Kier alpha value is -2.71. The fourth-order valence-electron chi connectivity index (χ4n) is 2.90. The van der Waals surface area contributed by atoms with Crippen molar-refractivity contribution in [1.29, 1.82) is 0 Å². The number of carbonyl (C=O) groups is 2. The Bertz CT molecular complexity index is 817. The predicted octanol–water partition coefficient (Wildman–Crippen LogP) is 2.16. The van der Waals surface area contributed by atoms with Crippen LogP contribution in [0.2, 0.25) is 0 Å². The van der Waals surface area contributed by atoms with Crippen LogP contribution in [-0.4, -0.2) is 52.5 Å². The van der Waals surface area contributed by atoms with Gasteiger partial charge in [-0.25, -0.2) is 4.98 Å². The minimum atomic E-state index is -4.43. The molecule has 1 fully saturated rings. The van der Waals surface area contributed by atoms with Gasteiger partial charge in [0.05, 0.1) is 17.2 Å². The van der Waals surface area contributed by atoms with Crippen molar-refractivity contribution < 1.29 is 22.8 Å². The number of halogens is 3. The van der Waals surface area contributed by atoms with Gasteiger partial charge in [0.1, 0.15) is 12.2 Å². The standard InChI is InChI=1S/C17H17F3N4O2/c18-17(19,20)10-22-15(25)11-5-7-24(8-6-11)16(26)14-9-21-12-3-1-2-4-13(12)23-14/h1-4,9,11H,5-8,10H2,(H,22,25). The number of aromatic nitrogens is 2. The van der Waals surface area contributed by atoms with E-state index in [9.17, 15) is 22.8 Å². The van der Waals surface area contributed by atoms with E-state index in [4.69, 9.17) is 0 Å². The molecule has 0 spiro atoms. The van der Waals surface area contributed by atoms with Crippen molar-refractivity contribution in [3.8, 4) is 0 Å². The van der Waals surface area contributed by atoms with Crippen LogP contribution in [0.4, 0.5) is 13.2 Å². The van der Waals surface area contributed by atoms with Gasteiger partial charge in [0.25, 0.3) is 5.91 Å². The Morgan fingerprint density at radius 3 is 2.46 bits per heavy atom. The lowest BCUT2D eigenvalue weighted by Gasteiger charge is -2.31. The average Bonchev–Trinajstić information content (AvgIpc) is 2.64. The zero-order valence-corrected chi connectivity index (χ0v) is 13.8. The van der Waals surface area contributed by atoms with Gasteiger partial charge in [-0.2, -0.15) is 13.2 Å². The molecule has 0 aliphatic carbocycles. The summed E-state index contributed by atoms with van der Waals surface area (Å²) in [7, 11) is 0. The Kier molecular flexibility index (Phi) is 5.06. The highest BCUT2D eigenvalue weighted by molar-refractivity contribution is 5.94. The van der Waals surface area contributed by atoms with Gasteiger partial charge in [-0.3, -0.25) is 14.6 Å². The molecule has 2 amide bonds. The lowest BCUT2D eigenvalue weighted by Crippen LogP contribution is -2.44. The number of alkyl halides is 3. The van der Waals surface area contributed by atoms with Gasteiger partial charge in [-0.1, -0.05) is 12.1 Å². The predicted molar refractivity (Wildman–Crippen MR) is 87.2 cm³/mol. The van der Waals surface area contributed by atoms with Gasteiger partial charge in [-0.15, -0.1) is 0 Å². The number of carbonyl (C=O) groups excluding carboxylic acids is 2. The summed E-state index contributed by atoms with van der Waals surface area (Å²) < 4.78 is 36.5. The zero-order chi connectivity index (χ0) is 18.7. The molecule has 138 valence electrons. The molecule has 1 aromatic carbocycles. The quantitative estimate of drug-likeness (QED) is 0.903. The number of likely N-dealkylation sites (tertiary alicyclic amines) is 1. The van der Waals surface area contributed by atoms with E-state index in [0.717, 1.165) is 0 Å². The molecular weight excluding hydrogens is 349 g/mol. The second-order valence-corrected chi connectivity index (χ2v) is 6.14. The van der Waals surface area contributed by atoms with E-state index < -0.39 is 24.5 Å². The summed E-state index contributed by atoms with van der Waals surface area (Å²) in [4.78, 5) is 34.4. The maximum atomic E-state index is 12.6. The molecule has 0 radical (unpaired) electrons. The van der Waals surface area contributed by atoms with Gasteiger partial charge in [-0.05, 0) is 25.0 Å². The van der Waals surface area contributed by atoms with Crippen molar-refractivity contribution in [2.45, 2.75) is 19.0 Å². The largest absolute Gasteiger partial charge is 0.405 e. The summed E-state index contributed by atoms with van der Waals surface area (Å²) >= 11 is 0. The number of hydrogen-bond donors (Lipinski definition) is 1. The average molecular weight is 366 g/mol. The third-order valence-electron chi connectivity index (χ3n) is 4.28. The molecule has 26 heavy (non-hydrogen) atoms. The molecule has 0 saturated carbocycles. The van der Waals surface area contributed by atoms with E-state index in [1.165, 1.54) is 6.20 Å². The first-order valence-electron chi connectivity index (χ1n) is 8.19. The van der Waals surface area contributed by atoms with E-state index in [2.05, 4.69) is 9.97 Å². The monoisotopic (exact) mass is 366 g/mol. The van der Waals surface area contributed by atoms with Crippen LogP contribution in [0.3, 0.4) is 0 Å². The Morgan fingerprint density at radius 2 is 1.81 bits per heavy atom. The molecule has 0 atom stereocenters. The second kappa shape index (κ2) is 7.27. The first-order valence-corrected chi connectivity index (χ1v) is 8.19. The van der Waals surface area contributed by atoms with E-state index in [1.54, 1.807) is 23.1 Å². The van der Waals surface area contributed by atoms with E-state index in [0.29, 0.717) is 23.9 Å². The van der Waals surface area contributed by atoms with Crippen LogP contribution in [0.1, 0.15) is 23.3 Å². The van der Waals surface area contributed by atoms with Crippen molar-refractivity contribution in [2.75, 3.05) is 19.6 Å². The molecule has 6 nitrogen and oxygen atoms in total. The summed E-state index contributed by atoms with van der Waals surface area (Å²) in [6.07, 6.45) is -2.39. The lowest BCUT2D eigenvalue weighted by atomic mass is 9.95. The minimum Gasteiger partial charge on any atom is -0.347 e. The molecule has 9 heteroatoms. The normalized spacial score (nSPS) is 15.9. The summed E-state index contributed by atoms with van der Waals surface area (Å²) in [5.74, 6) is -1.44. The highest BCUT2D eigenvalue weighted by atomic mass is 19.4. The number of hydrogen-bond acceptors (Lipinski definition) is 4. The van der Waals surface area contributed by atoms with Gasteiger partial charge in [0.2, 0.25) is 5.91 Å². The maximum absolute atomic E-state index is 12.6. The van der Waals surface area contributed by atoms with Gasteiger partial charge in [0.15, 0.2) is 0 Å². The zero-order valence-electron chi connectivity index (χ0n) is 13.8. The van der Waals surface area contributed by atoms with Crippen molar-refractivity contribution >= 4 is 22.8 Å². The van der Waals surface area contributed by atoms with Crippen LogP contribution in [0, 0.1) is 5.92 Å². The first-order chi connectivity index (χ1) is 12.3. The number of benzene rings is 1. The van der Waals surface area contributed by atoms with Crippen molar-refractivity contribution in [3.05, 3.63) is 36.2 Å². The van der Waals surface area contributed by atoms with E-state index in [1.807, 2.05) is 11.4 Å². The van der Waals surface area contributed by atoms with Crippen LogP contribution < -0.4 is 5.32 Å². The topological polar surface area (TPSA) is 75.2 Å². The number of nitrogens with zero attached hydrogens (tertiary/aromatic N) is 3. The summed E-state index contributed by atoms with van der Waals surface area (Å²) in [6, 6.07) is 7.18. The number of rotatable bonds is 3. The number of amides is 2. The fraction of sp³-hybridized carbons (Fsp3) is 0.412. The fourth-order valence-corrected chi connectivity index (χ4v) is 2.90. The van der Waals surface area contributed by atoms with E-state index in [-0.39, 0.29) is 24.7 Å². The molecule has 3 rings (SSSR count). The molecule has 2 aromatic rings. The molecule has 1 aliphatic heterocycles. The summed E-state index contributed by atoms with van der Waals surface area (Å²) in [5.41, 5.74) is 1.51. The summed E-state index contributed by atoms with van der Waals surface area (Å²) in [6.45, 7) is -0.757. The summed E-state index contributed by atoms with van der Waals surface area (Å²) in [5, 5.41) is 1.90. The van der Waals surface area contributed by atoms with Crippen LogP contribution in [0.5, 0.6) is 0 Å². The highest BCUT2D eigenvalue weighted by Crippen LogP contribution is 2.20. The first kappa shape index (κ1) is 18.1. The number of piperidine rings is 1. The van der Waals surface area contributed by atoms with E-state index >= 15 is 0 Å². The molecule has 1 aromatic heterocycles. The Labute approximate surface area is 147 Å². The number of fused-ring (bicyclic) bond motifs is 1. The van der Waals surface area contributed by atoms with Gasteiger partial charge < -0.3 is 10.2 Å². The minimum absolute atomic E-state index is 0.212. The van der Waals surface area contributed by atoms with Crippen molar-refractivity contribution in [1.82, 2.24) is 20.2 Å². The number of para-hydroxylation sites is 2. The Morgan fingerprint density at radius 1 is 1.15 bits per heavy atom. The Balaban J connectivity index is 1.58. The molecular formula is C17H17F3N4O2. The smallest absolute Gasteiger partial charge is 0.347 e. The molecule has 1 N–H and O–H groups in total. The molecule has 0 bridgehead atoms. The number of nitrogens with one attached hydrogen (secondary N) is 1. The molecule has 1 saturated heterocycles. The van der Waals surface area contributed by atoms with Crippen LogP contribution in [0.15, 0.2) is 30.5 Å². The van der Waals surface area contributed by atoms with Crippen LogP contribution >= 0.6 is 0 Å². The molecule has 0 unspecified atom stereocenters. The van der Waals surface area contributed by atoms with Crippen LogP contribution in [0.25, 0.3) is 11.0 Å². The van der Waals surface area contributed by atoms with Crippen molar-refractivity contribution in [3.63, 3.8) is 0 Å². The third kappa shape index (κ3) is 4.27. The maximum Gasteiger partial charge on any atom is 0.405 e. The third-order valence-corrected chi connectivity index (χ3v) is 4.28. The molecule has 1 aliphatic rings. The van der Waals surface area contributed by atoms with Gasteiger partial charge in [0, 0.05) is 19.0 Å². The molecule has 2 heterocycles. The van der Waals surface area contributed by atoms with Crippen LogP contribution in [-0.2, 0) is 4.79 Å². The van der Waals surface area contributed by atoms with Gasteiger partial charge >= 0.3 is 6.18 Å². The lowest BCUT2D eigenvalue weighted by molar-refractivity contribution is -0.141. The van der Waals surface area contributed by atoms with Crippen molar-refractivity contribution in [2.24, 2.45) is 5.92 Å². The highest BCUT2D eigenvalue weighted by Gasteiger charge is 2.32.